The first-order valence-electron chi connectivity index (χ1n) is 9.17. The van der Waals surface area contributed by atoms with Crippen molar-refractivity contribution in [3.05, 3.63) is 66.1 Å². The number of amides is 1. The van der Waals surface area contributed by atoms with Crippen molar-refractivity contribution in [2.24, 2.45) is 0 Å². The van der Waals surface area contributed by atoms with Crippen LogP contribution in [-0.2, 0) is 15.6 Å². The van der Waals surface area contributed by atoms with Crippen LogP contribution in [0.25, 0.3) is 10.8 Å². The Labute approximate surface area is 163 Å². The number of likely N-dealkylation sites (tertiary alicyclic amines) is 1. The van der Waals surface area contributed by atoms with Crippen molar-refractivity contribution in [3.63, 3.8) is 0 Å². The zero-order valence-corrected chi connectivity index (χ0v) is 16.3. The van der Waals surface area contributed by atoms with E-state index >= 15 is 0 Å². The molecule has 0 spiro atoms. The fraction of sp³-hybridized carbons (Fsp3) is 0.286. The van der Waals surface area contributed by atoms with Crippen LogP contribution in [0.4, 0.5) is 0 Å². The Morgan fingerprint density at radius 3 is 2.64 bits per heavy atom. The van der Waals surface area contributed by atoms with Gasteiger partial charge >= 0.3 is 0 Å². The summed E-state index contributed by atoms with van der Waals surface area (Å²) in [5, 5.41) is 1.17. The lowest BCUT2D eigenvalue weighted by Gasteiger charge is -2.39. The number of carbonyl (C=O) groups is 1. The number of hydrogen-bond acceptors (Lipinski definition) is 5. The molecule has 146 valence electrons. The van der Waals surface area contributed by atoms with Gasteiger partial charge in [0.25, 0.3) is 5.91 Å². The zero-order chi connectivity index (χ0) is 19.7. The lowest BCUT2D eigenvalue weighted by molar-refractivity contribution is 0.0657. The number of benzene rings is 2. The molecule has 7 heteroatoms. The van der Waals surface area contributed by atoms with Crippen molar-refractivity contribution >= 4 is 26.5 Å². The molecule has 1 aliphatic rings. The highest BCUT2D eigenvalue weighted by atomic mass is 32.2. The molecular formula is C21H21NO5S. The van der Waals surface area contributed by atoms with Gasteiger partial charge in [0.2, 0.25) is 0 Å². The minimum absolute atomic E-state index is 0.148. The SMILES string of the molecule is CCOc1ccc2ccccc2c1C(=O)N1CC(S(=O)(=O)Cc2ccco2)C1. The largest absolute Gasteiger partial charge is 0.493 e. The Balaban J connectivity index is 1.56. The van der Waals surface area contributed by atoms with Crippen molar-refractivity contribution in [2.45, 2.75) is 17.9 Å². The van der Waals surface area contributed by atoms with Crippen LogP contribution >= 0.6 is 0 Å². The summed E-state index contributed by atoms with van der Waals surface area (Å²) < 4.78 is 35.9. The molecule has 0 N–H and O–H groups in total. The predicted molar refractivity (Wildman–Crippen MR) is 106 cm³/mol. The lowest BCUT2D eigenvalue weighted by Crippen LogP contribution is -2.57. The van der Waals surface area contributed by atoms with Gasteiger partial charge in [-0.25, -0.2) is 8.42 Å². The molecule has 6 nitrogen and oxygen atoms in total. The van der Waals surface area contributed by atoms with Crippen LogP contribution in [0.2, 0.25) is 0 Å². The van der Waals surface area contributed by atoms with E-state index in [4.69, 9.17) is 9.15 Å². The van der Waals surface area contributed by atoms with Crippen LogP contribution in [0, 0.1) is 0 Å². The molecule has 0 radical (unpaired) electrons. The van der Waals surface area contributed by atoms with E-state index in [-0.39, 0.29) is 24.7 Å². The number of sulfone groups is 1. The normalized spacial score (nSPS) is 14.8. The van der Waals surface area contributed by atoms with E-state index in [0.29, 0.717) is 23.7 Å². The molecule has 28 heavy (non-hydrogen) atoms. The molecule has 0 aliphatic carbocycles. The van der Waals surface area contributed by atoms with E-state index < -0.39 is 15.1 Å². The summed E-state index contributed by atoms with van der Waals surface area (Å²) in [7, 11) is -3.38. The predicted octanol–water partition coefficient (Wildman–Crippen LogP) is 3.27. The zero-order valence-electron chi connectivity index (χ0n) is 15.5. The molecule has 0 bridgehead atoms. The maximum absolute atomic E-state index is 13.2. The number of ether oxygens (including phenoxy) is 1. The third-order valence-corrected chi connectivity index (χ3v) is 6.97. The number of rotatable bonds is 6. The minimum Gasteiger partial charge on any atom is -0.493 e. The monoisotopic (exact) mass is 399 g/mol. The van der Waals surface area contributed by atoms with Gasteiger partial charge in [-0.1, -0.05) is 30.3 Å². The molecule has 0 saturated carbocycles. The van der Waals surface area contributed by atoms with Crippen molar-refractivity contribution in [1.29, 1.82) is 0 Å². The molecule has 1 saturated heterocycles. The third-order valence-electron chi connectivity index (χ3n) is 4.97. The highest BCUT2D eigenvalue weighted by Gasteiger charge is 2.41. The van der Waals surface area contributed by atoms with Gasteiger partial charge in [-0.2, -0.15) is 0 Å². The van der Waals surface area contributed by atoms with Gasteiger partial charge in [0.1, 0.15) is 17.3 Å². The standard InChI is InChI=1S/C21H21NO5S/c1-2-26-19-10-9-15-6-3-4-8-18(15)20(19)21(23)22-12-17(13-22)28(24,25)14-16-7-5-11-27-16/h3-11,17H,2,12-14H2,1H3. The van der Waals surface area contributed by atoms with E-state index in [1.165, 1.54) is 6.26 Å². The lowest BCUT2D eigenvalue weighted by atomic mass is 10.0. The van der Waals surface area contributed by atoms with E-state index in [1.807, 2.05) is 37.3 Å². The first kappa shape index (κ1) is 18.6. The number of nitrogens with zero attached hydrogens (tertiary/aromatic N) is 1. The summed E-state index contributed by atoms with van der Waals surface area (Å²) >= 11 is 0. The Hall–Kier alpha value is -2.80. The summed E-state index contributed by atoms with van der Waals surface area (Å²) in [4.78, 5) is 14.7. The third kappa shape index (κ3) is 3.38. The molecule has 1 fully saturated rings. The molecule has 2 aromatic carbocycles. The minimum atomic E-state index is -3.38. The van der Waals surface area contributed by atoms with Gasteiger partial charge in [-0.3, -0.25) is 4.79 Å². The van der Waals surface area contributed by atoms with E-state index in [0.717, 1.165) is 10.8 Å². The molecular weight excluding hydrogens is 378 g/mol. The van der Waals surface area contributed by atoms with Crippen molar-refractivity contribution in [1.82, 2.24) is 4.90 Å². The van der Waals surface area contributed by atoms with Crippen LogP contribution in [0.15, 0.2) is 59.2 Å². The number of fused-ring (bicyclic) bond motifs is 1. The summed E-state index contributed by atoms with van der Waals surface area (Å²) in [6.07, 6.45) is 1.46. The van der Waals surface area contributed by atoms with Crippen LogP contribution in [0.1, 0.15) is 23.0 Å². The van der Waals surface area contributed by atoms with Crippen LogP contribution in [0.5, 0.6) is 5.75 Å². The van der Waals surface area contributed by atoms with Crippen LogP contribution < -0.4 is 4.74 Å². The van der Waals surface area contributed by atoms with Crippen LogP contribution in [-0.4, -0.2) is 44.2 Å². The molecule has 1 aromatic heterocycles. The Kier molecular flexibility index (Phi) is 4.85. The summed E-state index contributed by atoms with van der Waals surface area (Å²) in [6, 6.07) is 14.6. The second-order valence-corrected chi connectivity index (χ2v) is 9.09. The van der Waals surface area contributed by atoms with Gasteiger partial charge in [0, 0.05) is 13.1 Å². The summed E-state index contributed by atoms with van der Waals surface area (Å²) in [5.41, 5.74) is 0.488. The second-order valence-electron chi connectivity index (χ2n) is 6.81. The summed E-state index contributed by atoms with van der Waals surface area (Å²) in [5.74, 6) is 0.584. The fourth-order valence-corrected chi connectivity index (χ4v) is 5.06. The quantitative estimate of drug-likeness (QED) is 0.636. The van der Waals surface area contributed by atoms with Crippen molar-refractivity contribution < 1.29 is 22.4 Å². The average Bonchev–Trinajstić information content (AvgIpc) is 3.12. The molecule has 3 aromatic rings. The van der Waals surface area contributed by atoms with Gasteiger partial charge in [0.05, 0.1) is 23.7 Å². The second kappa shape index (κ2) is 7.31. The number of furan rings is 1. The Morgan fingerprint density at radius 1 is 1.14 bits per heavy atom. The van der Waals surface area contributed by atoms with Gasteiger partial charge in [-0.05, 0) is 35.9 Å². The van der Waals surface area contributed by atoms with Crippen molar-refractivity contribution in [3.8, 4) is 5.75 Å². The van der Waals surface area contributed by atoms with E-state index in [9.17, 15) is 13.2 Å². The molecule has 0 atom stereocenters. The van der Waals surface area contributed by atoms with Gasteiger partial charge in [0.15, 0.2) is 9.84 Å². The maximum atomic E-state index is 13.2. The first-order chi connectivity index (χ1) is 13.5. The molecule has 4 rings (SSSR count). The Morgan fingerprint density at radius 2 is 1.93 bits per heavy atom. The van der Waals surface area contributed by atoms with Gasteiger partial charge < -0.3 is 14.1 Å². The first-order valence-corrected chi connectivity index (χ1v) is 10.9. The highest BCUT2D eigenvalue weighted by molar-refractivity contribution is 7.91. The number of carbonyl (C=O) groups excluding carboxylic acids is 1. The number of hydrogen-bond donors (Lipinski definition) is 0. The highest BCUT2D eigenvalue weighted by Crippen LogP contribution is 2.32. The molecule has 2 heterocycles. The van der Waals surface area contributed by atoms with E-state index in [2.05, 4.69) is 0 Å². The Bertz CT molecular complexity index is 1100. The topological polar surface area (TPSA) is 76.8 Å². The van der Waals surface area contributed by atoms with Gasteiger partial charge in [-0.15, -0.1) is 0 Å². The average molecular weight is 399 g/mol. The smallest absolute Gasteiger partial charge is 0.258 e. The fourth-order valence-electron chi connectivity index (χ4n) is 3.45. The van der Waals surface area contributed by atoms with Crippen molar-refractivity contribution in [2.75, 3.05) is 19.7 Å². The van der Waals surface area contributed by atoms with Crippen LogP contribution in [0.3, 0.4) is 0 Å². The summed E-state index contributed by atoms with van der Waals surface area (Å²) in [6.45, 7) is 2.66. The molecule has 1 amide bonds. The molecule has 1 aliphatic heterocycles. The van der Waals surface area contributed by atoms with E-state index in [1.54, 1.807) is 23.1 Å². The molecule has 0 unspecified atom stereocenters. The maximum Gasteiger partial charge on any atom is 0.258 e.